The van der Waals surface area contributed by atoms with Crippen molar-refractivity contribution in [3.05, 3.63) is 29.8 Å². The molecule has 0 saturated carbocycles. The second kappa shape index (κ2) is 6.19. The van der Waals surface area contributed by atoms with E-state index in [0.29, 0.717) is 30.4 Å². The van der Waals surface area contributed by atoms with Crippen molar-refractivity contribution in [2.45, 2.75) is 26.2 Å². The first-order valence-electron chi connectivity index (χ1n) is 6.27. The van der Waals surface area contributed by atoms with Gasteiger partial charge in [0.1, 0.15) is 0 Å². The molecule has 1 aromatic rings. The van der Waals surface area contributed by atoms with Gasteiger partial charge in [-0.15, -0.1) is 0 Å². The number of benzene rings is 1. The van der Waals surface area contributed by atoms with E-state index < -0.39 is 0 Å². The van der Waals surface area contributed by atoms with Crippen LogP contribution in [-0.4, -0.2) is 25.1 Å². The van der Waals surface area contributed by atoms with Crippen molar-refractivity contribution in [3.8, 4) is 0 Å². The maximum absolute atomic E-state index is 11.8. The predicted octanol–water partition coefficient (Wildman–Crippen LogP) is 3.09. The summed E-state index contributed by atoms with van der Waals surface area (Å²) in [5.41, 5.74) is 1.11. The number of para-hydroxylation sites is 1. The minimum absolute atomic E-state index is 0.340. The van der Waals surface area contributed by atoms with Crippen molar-refractivity contribution in [2.75, 3.05) is 13.2 Å². The topological polar surface area (TPSA) is 47.9 Å². The summed E-state index contributed by atoms with van der Waals surface area (Å²) in [7, 11) is 0. The average molecular weight is 247 g/mol. The molecule has 0 spiro atoms. The Kier molecular flexibility index (Phi) is 4.34. The summed E-state index contributed by atoms with van der Waals surface area (Å²) >= 11 is 0. The van der Waals surface area contributed by atoms with E-state index in [1.807, 2.05) is 6.07 Å². The van der Waals surface area contributed by atoms with Crippen LogP contribution in [0.25, 0.3) is 0 Å². The summed E-state index contributed by atoms with van der Waals surface area (Å²) in [6, 6.07) is 7.18. The molecular weight excluding hydrogens is 230 g/mol. The van der Waals surface area contributed by atoms with Gasteiger partial charge >= 0.3 is 5.97 Å². The van der Waals surface area contributed by atoms with Crippen LogP contribution in [0.3, 0.4) is 0 Å². The SMILES string of the molecule is CCOC(=O)c1ccccc1N=C1CCCCO1. The highest BCUT2D eigenvalue weighted by atomic mass is 16.5. The minimum Gasteiger partial charge on any atom is -0.481 e. The van der Waals surface area contributed by atoms with Gasteiger partial charge in [0.05, 0.1) is 24.5 Å². The number of carbonyl (C=O) groups is 1. The van der Waals surface area contributed by atoms with Gasteiger partial charge < -0.3 is 9.47 Å². The molecule has 1 heterocycles. The summed E-state index contributed by atoms with van der Waals surface area (Å²) in [5, 5.41) is 0. The minimum atomic E-state index is -0.340. The highest BCUT2D eigenvalue weighted by Gasteiger charge is 2.13. The van der Waals surface area contributed by atoms with Crippen LogP contribution < -0.4 is 0 Å². The molecule has 1 fully saturated rings. The standard InChI is InChI=1S/C14H17NO3/c1-2-17-14(16)11-7-3-4-8-12(11)15-13-9-5-6-10-18-13/h3-4,7-8H,2,5-6,9-10H2,1H3. The summed E-state index contributed by atoms with van der Waals surface area (Å²) in [4.78, 5) is 16.2. The van der Waals surface area contributed by atoms with Crippen LogP contribution in [0.2, 0.25) is 0 Å². The van der Waals surface area contributed by atoms with Gasteiger partial charge in [0.2, 0.25) is 0 Å². The molecule has 4 nitrogen and oxygen atoms in total. The van der Waals surface area contributed by atoms with E-state index in [4.69, 9.17) is 9.47 Å². The molecule has 0 radical (unpaired) electrons. The molecule has 1 aliphatic heterocycles. The smallest absolute Gasteiger partial charge is 0.340 e. The number of carbonyl (C=O) groups excluding carboxylic acids is 1. The lowest BCUT2D eigenvalue weighted by molar-refractivity contribution is 0.0527. The fourth-order valence-corrected chi connectivity index (χ4v) is 1.82. The molecule has 1 aromatic carbocycles. The highest BCUT2D eigenvalue weighted by Crippen LogP contribution is 2.22. The summed E-state index contributed by atoms with van der Waals surface area (Å²) in [5.74, 6) is 0.367. The van der Waals surface area contributed by atoms with Crippen molar-refractivity contribution in [1.29, 1.82) is 0 Å². The zero-order chi connectivity index (χ0) is 12.8. The van der Waals surface area contributed by atoms with Crippen molar-refractivity contribution >= 4 is 17.6 Å². The second-order valence-corrected chi connectivity index (χ2v) is 4.05. The Labute approximate surface area is 107 Å². The molecule has 2 rings (SSSR count). The fourth-order valence-electron chi connectivity index (χ4n) is 1.82. The lowest BCUT2D eigenvalue weighted by Gasteiger charge is -2.15. The van der Waals surface area contributed by atoms with Gasteiger partial charge in [0.25, 0.3) is 0 Å². The molecule has 18 heavy (non-hydrogen) atoms. The molecule has 96 valence electrons. The maximum atomic E-state index is 11.8. The molecule has 0 N–H and O–H groups in total. The van der Waals surface area contributed by atoms with Gasteiger partial charge in [-0.3, -0.25) is 0 Å². The Hall–Kier alpha value is -1.84. The Morgan fingerprint density at radius 1 is 1.39 bits per heavy atom. The third kappa shape index (κ3) is 3.09. The van der Waals surface area contributed by atoms with Gasteiger partial charge in [-0.2, -0.15) is 0 Å². The number of rotatable bonds is 3. The zero-order valence-electron chi connectivity index (χ0n) is 10.5. The number of aliphatic imine (C=N–C) groups is 1. The molecule has 0 bridgehead atoms. The van der Waals surface area contributed by atoms with Crippen LogP contribution in [0.15, 0.2) is 29.3 Å². The number of hydrogen-bond acceptors (Lipinski definition) is 4. The van der Waals surface area contributed by atoms with Crippen molar-refractivity contribution in [2.24, 2.45) is 4.99 Å². The first-order chi connectivity index (χ1) is 8.81. The van der Waals surface area contributed by atoms with E-state index in [2.05, 4.69) is 4.99 Å². The van der Waals surface area contributed by atoms with Gasteiger partial charge in [0.15, 0.2) is 5.90 Å². The average Bonchev–Trinajstić information content (AvgIpc) is 2.41. The largest absolute Gasteiger partial charge is 0.481 e. The third-order valence-corrected chi connectivity index (χ3v) is 2.70. The number of nitrogens with zero attached hydrogens (tertiary/aromatic N) is 1. The van der Waals surface area contributed by atoms with Gasteiger partial charge in [-0.05, 0) is 31.9 Å². The molecule has 0 atom stereocenters. The third-order valence-electron chi connectivity index (χ3n) is 2.70. The molecule has 1 saturated heterocycles. The molecule has 0 unspecified atom stereocenters. The van der Waals surface area contributed by atoms with Crippen LogP contribution in [0, 0.1) is 0 Å². The molecule has 0 aromatic heterocycles. The van der Waals surface area contributed by atoms with E-state index >= 15 is 0 Å². The second-order valence-electron chi connectivity index (χ2n) is 4.05. The Bertz CT molecular complexity index is 446. The molecule has 4 heteroatoms. The Morgan fingerprint density at radius 3 is 2.94 bits per heavy atom. The lowest BCUT2D eigenvalue weighted by Crippen LogP contribution is -2.12. The Balaban J connectivity index is 2.24. The van der Waals surface area contributed by atoms with Crippen molar-refractivity contribution in [1.82, 2.24) is 0 Å². The van der Waals surface area contributed by atoms with Crippen LogP contribution in [0.1, 0.15) is 36.5 Å². The van der Waals surface area contributed by atoms with E-state index in [9.17, 15) is 4.79 Å². The Morgan fingerprint density at radius 2 is 2.22 bits per heavy atom. The quantitative estimate of drug-likeness (QED) is 0.771. The van der Waals surface area contributed by atoms with Crippen LogP contribution >= 0.6 is 0 Å². The summed E-state index contributed by atoms with van der Waals surface area (Å²) in [6.45, 7) is 2.86. The molecule has 0 aliphatic carbocycles. The maximum Gasteiger partial charge on any atom is 0.340 e. The monoisotopic (exact) mass is 247 g/mol. The number of esters is 1. The first kappa shape index (κ1) is 12.6. The molecule has 0 amide bonds. The summed E-state index contributed by atoms with van der Waals surface area (Å²) < 4.78 is 10.5. The molecular formula is C14H17NO3. The van der Waals surface area contributed by atoms with Gasteiger partial charge in [0, 0.05) is 6.42 Å². The van der Waals surface area contributed by atoms with E-state index in [1.165, 1.54) is 0 Å². The fraction of sp³-hybridized carbons (Fsp3) is 0.429. The van der Waals surface area contributed by atoms with Gasteiger partial charge in [-0.1, -0.05) is 12.1 Å². The van der Waals surface area contributed by atoms with Gasteiger partial charge in [-0.25, -0.2) is 9.79 Å². The van der Waals surface area contributed by atoms with Crippen LogP contribution in [0.4, 0.5) is 5.69 Å². The van der Waals surface area contributed by atoms with Crippen LogP contribution in [0.5, 0.6) is 0 Å². The summed E-state index contributed by atoms with van der Waals surface area (Å²) in [6.07, 6.45) is 2.98. The predicted molar refractivity (Wildman–Crippen MR) is 69.3 cm³/mol. The lowest BCUT2D eigenvalue weighted by atomic mass is 10.1. The first-order valence-corrected chi connectivity index (χ1v) is 6.27. The van der Waals surface area contributed by atoms with Crippen molar-refractivity contribution in [3.63, 3.8) is 0 Å². The highest BCUT2D eigenvalue weighted by molar-refractivity contribution is 5.96. The normalized spacial score (nSPS) is 17.3. The zero-order valence-corrected chi connectivity index (χ0v) is 10.5. The number of hydrogen-bond donors (Lipinski definition) is 0. The van der Waals surface area contributed by atoms with Crippen molar-refractivity contribution < 1.29 is 14.3 Å². The number of ether oxygens (including phenoxy) is 2. The van der Waals surface area contributed by atoms with E-state index in [1.54, 1.807) is 25.1 Å². The van der Waals surface area contributed by atoms with E-state index in [0.717, 1.165) is 19.3 Å². The van der Waals surface area contributed by atoms with Crippen LogP contribution in [-0.2, 0) is 9.47 Å². The molecule has 1 aliphatic rings. The van der Waals surface area contributed by atoms with E-state index in [-0.39, 0.29) is 5.97 Å².